The molecule has 0 aliphatic carbocycles. The fourth-order valence-corrected chi connectivity index (χ4v) is 2.64. The molecule has 4 aromatic rings. The number of carbonyl (C=O) groups is 1. The number of benzene rings is 1. The van der Waals surface area contributed by atoms with Crippen LogP contribution in [0.2, 0.25) is 0 Å². The maximum absolute atomic E-state index is 12.7. The van der Waals surface area contributed by atoms with E-state index in [0.717, 1.165) is 5.56 Å². The van der Waals surface area contributed by atoms with Crippen molar-refractivity contribution in [2.45, 2.75) is 6.92 Å². The van der Waals surface area contributed by atoms with Crippen LogP contribution in [0, 0.1) is 18.3 Å². The third-order valence-corrected chi connectivity index (χ3v) is 3.99. The Kier molecular flexibility index (Phi) is 4.03. The molecule has 8 heteroatoms. The van der Waals surface area contributed by atoms with Crippen LogP contribution in [0.4, 0.5) is 5.69 Å². The lowest BCUT2D eigenvalue weighted by Gasteiger charge is -2.09. The predicted molar refractivity (Wildman–Crippen MR) is 97.9 cm³/mol. The number of nitrogens with one attached hydrogen (secondary N) is 1. The van der Waals surface area contributed by atoms with Gasteiger partial charge < -0.3 is 5.32 Å². The summed E-state index contributed by atoms with van der Waals surface area (Å²) in [5, 5.41) is 16.0. The van der Waals surface area contributed by atoms with E-state index in [1.54, 1.807) is 48.1 Å². The summed E-state index contributed by atoms with van der Waals surface area (Å²) in [4.78, 5) is 25.0. The van der Waals surface area contributed by atoms with Gasteiger partial charge in [0.2, 0.25) is 0 Å². The van der Waals surface area contributed by atoms with Crippen molar-refractivity contribution < 1.29 is 4.79 Å². The Morgan fingerprint density at radius 3 is 2.56 bits per heavy atom. The monoisotopic (exact) mass is 355 g/mol. The summed E-state index contributed by atoms with van der Waals surface area (Å²) in [6.45, 7) is 1.77. The molecule has 0 radical (unpaired) electrons. The maximum Gasteiger partial charge on any atom is 0.255 e. The molecule has 0 saturated heterocycles. The number of anilines is 1. The van der Waals surface area contributed by atoms with Crippen molar-refractivity contribution in [3.05, 3.63) is 72.1 Å². The van der Waals surface area contributed by atoms with Crippen molar-refractivity contribution in [1.29, 1.82) is 5.26 Å². The molecule has 0 saturated carbocycles. The number of fused-ring (bicyclic) bond motifs is 1. The average molecular weight is 355 g/mol. The predicted octanol–water partition coefficient (Wildman–Crippen LogP) is 2.62. The van der Waals surface area contributed by atoms with Gasteiger partial charge in [0.15, 0.2) is 5.65 Å². The van der Waals surface area contributed by atoms with E-state index >= 15 is 0 Å². The average Bonchev–Trinajstić information content (AvgIpc) is 3.18. The van der Waals surface area contributed by atoms with Crippen LogP contribution in [0.1, 0.15) is 21.7 Å². The van der Waals surface area contributed by atoms with Gasteiger partial charge >= 0.3 is 0 Å². The Bertz CT molecular complexity index is 1170. The SMILES string of the molecule is Cc1ncc(NC(=O)c2cc(-c3ccc(C#N)cc3)n3ncnc3c2)cn1. The minimum atomic E-state index is -0.303. The third-order valence-electron chi connectivity index (χ3n) is 3.99. The molecule has 0 bridgehead atoms. The largest absolute Gasteiger partial charge is 0.319 e. The van der Waals surface area contributed by atoms with E-state index in [0.29, 0.717) is 34.0 Å². The topological polar surface area (TPSA) is 109 Å². The summed E-state index contributed by atoms with van der Waals surface area (Å²) in [6.07, 6.45) is 4.53. The number of amides is 1. The van der Waals surface area contributed by atoms with Crippen LogP contribution < -0.4 is 5.32 Å². The highest BCUT2D eigenvalue weighted by Crippen LogP contribution is 2.23. The van der Waals surface area contributed by atoms with Gasteiger partial charge in [-0.1, -0.05) is 12.1 Å². The van der Waals surface area contributed by atoms with Gasteiger partial charge in [0.25, 0.3) is 5.91 Å². The van der Waals surface area contributed by atoms with Gasteiger partial charge in [-0.25, -0.2) is 19.5 Å². The fourth-order valence-electron chi connectivity index (χ4n) is 2.64. The van der Waals surface area contributed by atoms with Crippen molar-refractivity contribution in [1.82, 2.24) is 24.6 Å². The standard InChI is InChI=1S/C19H13N7O/c1-12-21-9-16(10-22-12)25-19(27)15-6-17(26-18(7-15)23-11-24-26)14-4-2-13(8-20)3-5-14/h2-7,9-11H,1H3,(H,25,27). The smallest absolute Gasteiger partial charge is 0.255 e. The van der Waals surface area contributed by atoms with Crippen molar-refractivity contribution in [2.24, 2.45) is 0 Å². The lowest BCUT2D eigenvalue weighted by atomic mass is 10.1. The molecule has 0 atom stereocenters. The van der Waals surface area contributed by atoms with E-state index in [1.807, 2.05) is 12.1 Å². The minimum absolute atomic E-state index is 0.303. The van der Waals surface area contributed by atoms with E-state index in [2.05, 4.69) is 31.4 Å². The summed E-state index contributed by atoms with van der Waals surface area (Å²) < 4.78 is 1.65. The van der Waals surface area contributed by atoms with Crippen LogP contribution in [0.15, 0.2) is 55.1 Å². The van der Waals surface area contributed by atoms with Crippen molar-refractivity contribution in [3.63, 3.8) is 0 Å². The first-order valence-electron chi connectivity index (χ1n) is 8.08. The van der Waals surface area contributed by atoms with Gasteiger partial charge in [0, 0.05) is 11.1 Å². The zero-order valence-electron chi connectivity index (χ0n) is 14.3. The Labute approximate surface area is 154 Å². The number of aryl methyl sites for hydroxylation is 1. The Balaban J connectivity index is 1.74. The van der Waals surface area contributed by atoms with E-state index in [9.17, 15) is 4.79 Å². The number of hydrogen-bond donors (Lipinski definition) is 1. The molecule has 1 aromatic carbocycles. The second kappa shape index (κ2) is 6.65. The highest BCUT2D eigenvalue weighted by molar-refractivity contribution is 6.05. The van der Waals surface area contributed by atoms with E-state index in [1.165, 1.54) is 6.33 Å². The van der Waals surface area contributed by atoms with E-state index in [-0.39, 0.29) is 5.91 Å². The second-order valence-corrected chi connectivity index (χ2v) is 5.82. The molecule has 1 N–H and O–H groups in total. The molecule has 0 unspecified atom stereocenters. The second-order valence-electron chi connectivity index (χ2n) is 5.82. The first-order valence-corrected chi connectivity index (χ1v) is 8.08. The molecule has 1 amide bonds. The summed E-state index contributed by atoms with van der Waals surface area (Å²) in [6, 6.07) is 12.5. The van der Waals surface area contributed by atoms with Crippen molar-refractivity contribution >= 4 is 17.2 Å². The van der Waals surface area contributed by atoms with Gasteiger partial charge in [-0.05, 0) is 31.2 Å². The molecule has 0 spiro atoms. The van der Waals surface area contributed by atoms with E-state index in [4.69, 9.17) is 5.26 Å². The molecule has 3 heterocycles. The number of carbonyl (C=O) groups excluding carboxylic acids is 1. The van der Waals surface area contributed by atoms with Crippen molar-refractivity contribution in [2.75, 3.05) is 5.32 Å². The number of pyridine rings is 1. The summed E-state index contributed by atoms with van der Waals surface area (Å²) in [5.74, 6) is 0.323. The fraction of sp³-hybridized carbons (Fsp3) is 0.0526. The van der Waals surface area contributed by atoms with Crippen LogP contribution in [0.25, 0.3) is 16.9 Å². The van der Waals surface area contributed by atoms with Crippen LogP contribution in [-0.4, -0.2) is 30.5 Å². The minimum Gasteiger partial charge on any atom is -0.319 e. The van der Waals surface area contributed by atoms with Crippen molar-refractivity contribution in [3.8, 4) is 17.3 Å². The zero-order valence-corrected chi connectivity index (χ0v) is 14.3. The molecule has 27 heavy (non-hydrogen) atoms. The summed E-state index contributed by atoms with van der Waals surface area (Å²) in [5.41, 5.74) is 3.55. The number of rotatable bonds is 3. The molecule has 4 rings (SSSR count). The molecule has 0 fully saturated rings. The lowest BCUT2D eigenvalue weighted by molar-refractivity contribution is 0.102. The first kappa shape index (κ1) is 16.4. The van der Waals surface area contributed by atoms with Crippen LogP contribution in [-0.2, 0) is 0 Å². The number of nitrogens with zero attached hydrogens (tertiary/aromatic N) is 6. The Morgan fingerprint density at radius 2 is 1.85 bits per heavy atom. The number of hydrogen-bond acceptors (Lipinski definition) is 6. The Hall–Kier alpha value is -4.12. The van der Waals surface area contributed by atoms with Gasteiger partial charge in [0.05, 0.1) is 35.4 Å². The normalized spacial score (nSPS) is 10.5. The Morgan fingerprint density at radius 1 is 1.11 bits per heavy atom. The quantitative estimate of drug-likeness (QED) is 0.605. The zero-order chi connectivity index (χ0) is 18.8. The molecule has 3 aromatic heterocycles. The molecule has 0 aliphatic heterocycles. The van der Waals surface area contributed by atoms with Gasteiger partial charge in [-0.3, -0.25) is 4.79 Å². The van der Waals surface area contributed by atoms with Gasteiger partial charge in [-0.2, -0.15) is 10.4 Å². The van der Waals surface area contributed by atoms with Gasteiger partial charge in [0.1, 0.15) is 12.2 Å². The first-order chi connectivity index (χ1) is 13.1. The van der Waals surface area contributed by atoms with Crippen LogP contribution in [0.5, 0.6) is 0 Å². The molecular weight excluding hydrogens is 342 g/mol. The van der Waals surface area contributed by atoms with E-state index < -0.39 is 0 Å². The molecule has 130 valence electrons. The highest BCUT2D eigenvalue weighted by atomic mass is 16.1. The van der Waals surface area contributed by atoms with Gasteiger partial charge in [-0.15, -0.1) is 0 Å². The number of aromatic nitrogens is 5. The molecule has 0 aliphatic rings. The molecule has 8 nitrogen and oxygen atoms in total. The number of nitriles is 1. The lowest BCUT2D eigenvalue weighted by Crippen LogP contribution is -2.13. The van der Waals surface area contributed by atoms with Crippen LogP contribution >= 0.6 is 0 Å². The summed E-state index contributed by atoms with van der Waals surface area (Å²) >= 11 is 0. The third kappa shape index (κ3) is 3.21. The summed E-state index contributed by atoms with van der Waals surface area (Å²) in [7, 11) is 0. The van der Waals surface area contributed by atoms with Crippen LogP contribution in [0.3, 0.4) is 0 Å². The molecular formula is C19H13N7O. The maximum atomic E-state index is 12.7. The highest BCUT2D eigenvalue weighted by Gasteiger charge is 2.14.